The van der Waals surface area contributed by atoms with Crippen LogP contribution in [0.3, 0.4) is 0 Å². The molecule has 5 nitrogen and oxygen atoms in total. The Hall–Kier alpha value is -1.14. The van der Waals surface area contributed by atoms with Crippen LogP contribution in [-0.4, -0.2) is 42.7 Å². The molecule has 1 aromatic carbocycles. The molecule has 7 aliphatic rings. The van der Waals surface area contributed by atoms with Crippen molar-refractivity contribution in [3.8, 4) is 5.75 Å². The summed E-state index contributed by atoms with van der Waals surface area (Å²) >= 11 is 0. The van der Waals surface area contributed by atoms with Crippen molar-refractivity contribution in [1.82, 2.24) is 4.90 Å². The summed E-state index contributed by atoms with van der Waals surface area (Å²) in [5.41, 5.74) is 1.38. The lowest BCUT2D eigenvalue weighted by atomic mass is 9.53. The minimum absolute atomic E-state index is 0.451. The van der Waals surface area contributed by atoms with E-state index in [0.29, 0.717) is 17.8 Å². The monoisotopic (exact) mass is 467 g/mol. The zero-order valence-corrected chi connectivity index (χ0v) is 20.6. The van der Waals surface area contributed by atoms with Gasteiger partial charge in [0, 0.05) is 31.2 Å². The van der Waals surface area contributed by atoms with Crippen molar-refractivity contribution in [2.45, 2.75) is 94.5 Å². The maximum Gasteiger partial charge on any atom is 0.210 e. The third-order valence-corrected chi connectivity index (χ3v) is 10.1. The third-order valence-electron chi connectivity index (χ3n) is 10.1. The van der Waals surface area contributed by atoms with Gasteiger partial charge in [-0.1, -0.05) is 18.6 Å². The van der Waals surface area contributed by atoms with Crippen molar-refractivity contribution in [2.24, 2.45) is 23.7 Å². The second-order valence-electron chi connectivity index (χ2n) is 12.3. The molecule has 2 aliphatic heterocycles. The van der Waals surface area contributed by atoms with Gasteiger partial charge >= 0.3 is 0 Å². The predicted octanol–water partition coefficient (Wildman–Crippen LogP) is 6.04. The zero-order valence-electron chi connectivity index (χ0n) is 20.6. The van der Waals surface area contributed by atoms with Crippen LogP contribution in [0.4, 0.5) is 0 Å². The molecule has 186 valence electrons. The van der Waals surface area contributed by atoms with E-state index in [4.69, 9.17) is 19.2 Å². The van der Waals surface area contributed by atoms with Crippen molar-refractivity contribution < 1.29 is 19.2 Å². The molecular formula is C29H41NO4. The molecule has 4 bridgehead atoms. The first-order valence-corrected chi connectivity index (χ1v) is 14.2. The molecule has 0 amide bonds. The lowest BCUT2D eigenvalue weighted by Gasteiger charge is -2.57. The van der Waals surface area contributed by atoms with Gasteiger partial charge in [0.1, 0.15) is 12.4 Å². The number of rotatable bonds is 5. The number of benzene rings is 1. The molecule has 7 fully saturated rings. The van der Waals surface area contributed by atoms with E-state index in [1.54, 1.807) is 0 Å². The van der Waals surface area contributed by atoms with Gasteiger partial charge in [0.25, 0.3) is 0 Å². The molecule has 5 saturated carbocycles. The van der Waals surface area contributed by atoms with E-state index in [-0.39, 0.29) is 0 Å². The Labute approximate surface area is 204 Å². The van der Waals surface area contributed by atoms with Gasteiger partial charge in [-0.05, 0) is 106 Å². The molecule has 0 aromatic heterocycles. The highest BCUT2D eigenvalue weighted by Crippen LogP contribution is 2.64. The molecule has 0 radical (unpaired) electrons. The maximum atomic E-state index is 6.97. The van der Waals surface area contributed by atoms with E-state index in [9.17, 15) is 0 Å². The fraction of sp³-hybridized carbons (Fsp3) is 0.793. The lowest BCUT2D eigenvalue weighted by molar-refractivity contribution is -0.390. The fourth-order valence-electron chi connectivity index (χ4n) is 8.57. The number of nitrogens with zero attached hydrogens (tertiary/aromatic N) is 1. The Morgan fingerprint density at radius 3 is 2.32 bits per heavy atom. The summed E-state index contributed by atoms with van der Waals surface area (Å²) in [4.78, 5) is 15.0. The van der Waals surface area contributed by atoms with Gasteiger partial charge in [-0.25, -0.2) is 0 Å². The van der Waals surface area contributed by atoms with Crippen LogP contribution in [0.2, 0.25) is 0 Å². The molecule has 2 unspecified atom stereocenters. The number of likely N-dealkylation sites (tertiary alicyclic amines) is 1. The molecule has 1 aromatic rings. The standard InChI is InChI=1S/C29H41NO4/c1-2-11-30(12-3-1)13-14-31-27-8-6-23(7-9-27)24-5-4-10-28(20-24)32-29(34-33-28)25-16-21-15-22(18-25)19-26(29)17-21/h6-9,21-22,24-26H,1-5,10-20H2. The minimum atomic E-state index is -0.554. The van der Waals surface area contributed by atoms with Crippen LogP contribution in [0.1, 0.15) is 88.5 Å². The van der Waals surface area contributed by atoms with E-state index in [0.717, 1.165) is 50.0 Å². The Kier molecular flexibility index (Phi) is 5.69. The molecule has 0 N–H and O–H groups in total. The molecule has 5 aliphatic carbocycles. The highest BCUT2D eigenvalue weighted by molar-refractivity contribution is 5.30. The Morgan fingerprint density at radius 1 is 0.853 bits per heavy atom. The van der Waals surface area contributed by atoms with Crippen LogP contribution in [0.25, 0.3) is 0 Å². The highest BCUT2D eigenvalue weighted by Gasteiger charge is 2.67. The summed E-state index contributed by atoms with van der Waals surface area (Å²) in [6, 6.07) is 8.82. The molecule has 2 heterocycles. The van der Waals surface area contributed by atoms with Crippen molar-refractivity contribution >= 4 is 0 Å². The highest BCUT2D eigenvalue weighted by atomic mass is 17.3. The van der Waals surface area contributed by atoms with Crippen molar-refractivity contribution in [2.75, 3.05) is 26.2 Å². The average molecular weight is 468 g/mol. The zero-order chi connectivity index (χ0) is 22.6. The summed E-state index contributed by atoms with van der Waals surface area (Å²) in [5.74, 6) is 3.29. The van der Waals surface area contributed by atoms with E-state index < -0.39 is 11.6 Å². The van der Waals surface area contributed by atoms with Crippen molar-refractivity contribution in [3.05, 3.63) is 29.8 Å². The number of hydrogen-bond donors (Lipinski definition) is 0. The van der Waals surface area contributed by atoms with Crippen LogP contribution in [0.15, 0.2) is 24.3 Å². The van der Waals surface area contributed by atoms with Gasteiger partial charge in [0.05, 0.1) is 0 Å². The SMILES string of the molecule is c1cc(C2CCCC3(C2)OOC2(O3)C3CC4CC(C3)CC2C4)ccc1OCCN1CCCCC1. The minimum Gasteiger partial charge on any atom is -0.492 e. The second-order valence-corrected chi connectivity index (χ2v) is 12.3. The lowest BCUT2D eigenvalue weighted by Crippen LogP contribution is -2.59. The third kappa shape index (κ3) is 3.91. The number of ether oxygens (including phenoxy) is 2. The molecule has 5 heteroatoms. The first-order chi connectivity index (χ1) is 16.7. The average Bonchev–Trinajstić information content (AvgIpc) is 3.22. The number of piperidine rings is 1. The molecule has 2 atom stereocenters. The second kappa shape index (κ2) is 8.76. The fourth-order valence-corrected chi connectivity index (χ4v) is 8.57. The van der Waals surface area contributed by atoms with Crippen molar-refractivity contribution in [3.63, 3.8) is 0 Å². The molecular weight excluding hydrogens is 426 g/mol. The van der Waals surface area contributed by atoms with Crippen LogP contribution in [-0.2, 0) is 14.5 Å². The van der Waals surface area contributed by atoms with E-state index in [1.165, 1.54) is 76.4 Å². The first-order valence-electron chi connectivity index (χ1n) is 14.2. The number of hydrogen-bond acceptors (Lipinski definition) is 5. The maximum absolute atomic E-state index is 6.97. The Bertz CT molecular complexity index is 837. The van der Waals surface area contributed by atoms with Gasteiger partial charge in [0.2, 0.25) is 11.6 Å². The van der Waals surface area contributed by atoms with Crippen molar-refractivity contribution in [1.29, 1.82) is 0 Å². The Morgan fingerprint density at radius 2 is 1.59 bits per heavy atom. The molecule has 34 heavy (non-hydrogen) atoms. The summed E-state index contributed by atoms with van der Waals surface area (Å²) in [7, 11) is 0. The summed E-state index contributed by atoms with van der Waals surface area (Å²) in [6.07, 6.45) is 14.7. The molecule has 2 spiro atoms. The van der Waals surface area contributed by atoms with Gasteiger partial charge in [-0.2, -0.15) is 9.78 Å². The van der Waals surface area contributed by atoms with Gasteiger partial charge in [-0.15, -0.1) is 0 Å². The van der Waals surface area contributed by atoms with Crippen LogP contribution in [0, 0.1) is 23.7 Å². The largest absolute Gasteiger partial charge is 0.492 e. The van der Waals surface area contributed by atoms with E-state index in [2.05, 4.69) is 29.2 Å². The normalized spacial score (nSPS) is 43.7. The molecule has 2 saturated heterocycles. The predicted molar refractivity (Wildman–Crippen MR) is 129 cm³/mol. The quantitative estimate of drug-likeness (QED) is 0.494. The van der Waals surface area contributed by atoms with Gasteiger partial charge < -0.3 is 9.47 Å². The smallest absolute Gasteiger partial charge is 0.210 e. The summed E-state index contributed by atoms with van der Waals surface area (Å²) < 4.78 is 13.0. The van der Waals surface area contributed by atoms with Crippen LogP contribution in [0.5, 0.6) is 5.75 Å². The Balaban J connectivity index is 0.981. The van der Waals surface area contributed by atoms with Crippen LogP contribution >= 0.6 is 0 Å². The van der Waals surface area contributed by atoms with E-state index >= 15 is 0 Å². The summed E-state index contributed by atoms with van der Waals surface area (Å²) in [6.45, 7) is 4.26. The van der Waals surface area contributed by atoms with Gasteiger partial charge in [0.15, 0.2) is 0 Å². The molecule has 8 rings (SSSR count). The van der Waals surface area contributed by atoms with Crippen LogP contribution < -0.4 is 4.74 Å². The first kappa shape index (κ1) is 22.1. The topological polar surface area (TPSA) is 40.2 Å². The van der Waals surface area contributed by atoms with E-state index in [1.807, 2.05) is 0 Å². The summed E-state index contributed by atoms with van der Waals surface area (Å²) in [5, 5.41) is 0. The van der Waals surface area contributed by atoms with Gasteiger partial charge in [-0.3, -0.25) is 4.90 Å².